The Balaban J connectivity index is 0.00000169. The first-order valence-corrected chi connectivity index (χ1v) is 4.51. The van der Waals surface area contributed by atoms with Crippen molar-refractivity contribution in [3.05, 3.63) is 29.6 Å². The molecular formula is C10H16N2O. The number of nitrogens with zero attached hydrogens (tertiary/aromatic N) is 1. The highest BCUT2D eigenvalue weighted by molar-refractivity contribution is 5.94. The van der Waals surface area contributed by atoms with E-state index >= 15 is 0 Å². The summed E-state index contributed by atoms with van der Waals surface area (Å²) in [6.07, 6.45) is 2.52. The minimum Gasteiger partial charge on any atom is -0.352 e. The van der Waals surface area contributed by atoms with Crippen LogP contribution in [0.4, 0.5) is 0 Å². The van der Waals surface area contributed by atoms with Crippen molar-refractivity contribution < 1.29 is 6.22 Å². The zero-order valence-electron chi connectivity index (χ0n) is 8.00. The summed E-state index contributed by atoms with van der Waals surface area (Å²) in [6, 6.07) is 3.55. The van der Waals surface area contributed by atoms with Gasteiger partial charge in [-0.1, -0.05) is 6.92 Å². The smallest absolute Gasteiger partial charge is 0.251 e. The van der Waals surface area contributed by atoms with E-state index in [-0.39, 0.29) is 7.33 Å². The molecule has 0 saturated heterocycles. The van der Waals surface area contributed by atoms with E-state index in [0.717, 1.165) is 12.1 Å². The highest BCUT2D eigenvalue weighted by Crippen LogP contribution is 2.01. The molecule has 3 heteroatoms. The number of nitrogens with one attached hydrogen (secondary N) is 1. The molecule has 0 fully saturated rings. The van der Waals surface area contributed by atoms with Crippen molar-refractivity contribution in [3.63, 3.8) is 0 Å². The van der Waals surface area contributed by atoms with Gasteiger partial charge in [0.1, 0.15) is 0 Å². The Labute approximate surface area is 79.7 Å². The molecule has 1 aromatic heterocycles. The summed E-state index contributed by atoms with van der Waals surface area (Å²) in [5, 5.41) is 2.75. The Morgan fingerprint density at radius 2 is 2.38 bits per heavy atom. The third-order valence-corrected chi connectivity index (χ3v) is 1.78. The van der Waals surface area contributed by atoms with Crippen LogP contribution in [0.25, 0.3) is 0 Å². The van der Waals surface area contributed by atoms with Crippen LogP contribution >= 0.6 is 0 Å². The standard InChI is InChI=1S/C10H14N2O.H2/c1-3-9-7-8(5-6-12-9)10(13)11-4-2;/h5-7H,3-4H2,1-2H3,(H,11,13);1H. The quantitative estimate of drug-likeness (QED) is 0.768. The van der Waals surface area contributed by atoms with Gasteiger partial charge in [-0.15, -0.1) is 0 Å². The van der Waals surface area contributed by atoms with Gasteiger partial charge in [0.05, 0.1) is 0 Å². The number of carbonyl (C=O) groups excluding carboxylic acids is 1. The fraction of sp³-hybridized carbons (Fsp3) is 0.400. The van der Waals surface area contributed by atoms with Crippen LogP contribution in [0.2, 0.25) is 0 Å². The average Bonchev–Trinajstić information content (AvgIpc) is 2.18. The van der Waals surface area contributed by atoms with Gasteiger partial charge in [0, 0.05) is 25.4 Å². The van der Waals surface area contributed by atoms with Crippen molar-refractivity contribution in [2.45, 2.75) is 20.3 Å². The molecule has 0 aliphatic heterocycles. The van der Waals surface area contributed by atoms with Crippen LogP contribution in [0.15, 0.2) is 18.3 Å². The summed E-state index contributed by atoms with van der Waals surface area (Å²) in [6.45, 7) is 4.58. The summed E-state index contributed by atoms with van der Waals surface area (Å²) >= 11 is 0. The monoisotopic (exact) mass is 180 g/mol. The van der Waals surface area contributed by atoms with Gasteiger partial charge < -0.3 is 5.32 Å². The van der Waals surface area contributed by atoms with Crippen molar-refractivity contribution in [1.29, 1.82) is 0 Å². The highest BCUT2D eigenvalue weighted by atomic mass is 16.1. The molecule has 1 rings (SSSR count). The largest absolute Gasteiger partial charge is 0.352 e. The summed E-state index contributed by atoms with van der Waals surface area (Å²) in [5.41, 5.74) is 1.64. The predicted molar refractivity (Wildman–Crippen MR) is 53.7 cm³/mol. The van der Waals surface area contributed by atoms with Gasteiger partial charge in [-0.3, -0.25) is 9.78 Å². The van der Waals surface area contributed by atoms with E-state index in [9.17, 15) is 4.79 Å². The van der Waals surface area contributed by atoms with Crippen molar-refractivity contribution in [3.8, 4) is 0 Å². The zero-order chi connectivity index (χ0) is 9.68. The van der Waals surface area contributed by atoms with E-state index in [0.29, 0.717) is 12.1 Å². The van der Waals surface area contributed by atoms with Crippen LogP contribution in [0.3, 0.4) is 0 Å². The third kappa shape index (κ3) is 2.54. The molecule has 1 aromatic rings. The van der Waals surface area contributed by atoms with E-state index in [1.54, 1.807) is 12.3 Å². The average molecular weight is 180 g/mol. The molecular weight excluding hydrogens is 164 g/mol. The normalized spacial score (nSPS) is 9.69. The molecule has 0 radical (unpaired) electrons. The summed E-state index contributed by atoms with van der Waals surface area (Å²) in [5.74, 6) is -0.0281. The van der Waals surface area contributed by atoms with Gasteiger partial charge in [0.2, 0.25) is 0 Å². The fourth-order valence-corrected chi connectivity index (χ4v) is 1.08. The van der Waals surface area contributed by atoms with Gasteiger partial charge in [-0.2, -0.15) is 0 Å². The van der Waals surface area contributed by atoms with Crippen molar-refractivity contribution >= 4 is 5.91 Å². The van der Waals surface area contributed by atoms with Crippen LogP contribution in [0.5, 0.6) is 0 Å². The Hall–Kier alpha value is -1.38. The van der Waals surface area contributed by atoms with Gasteiger partial charge in [-0.05, 0) is 25.5 Å². The van der Waals surface area contributed by atoms with Crippen LogP contribution in [0.1, 0.15) is 31.3 Å². The van der Waals surface area contributed by atoms with Crippen LogP contribution in [0, 0.1) is 0 Å². The Bertz CT molecular complexity index is 302. The van der Waals surface area contributed by atoms with Crippen molar-refractivity contribution in [2.75, 3.05) is 6.54 Å². The van der Waals surface area contributed by atoms with E-state index in [4.69, 9.17) is 0 Å². The van der Waals surface area contributed by atoms with E-state index in [2.05, 4.69) is 10.3 Å². The van der Waals surface area contributed by atoms with E-state index in [1.807, 2.05) is 19.9 Å². The van der Waals surface area contributed by atoms with Crippen molar-refractivity contribution in [1.82, 2.24) is 10.3 Å². The molecule has 0 aliphatic rings. The lowest BCUT2D eigenvalue weighted by atomic mass is 10.2. The maximum absolute atomic E-state index is 11.4. The number of hydrogen-bond donors (Lipinski definition) is 1. The molecule has 13 heavy (non-hydrogen) atoms. The first-order valence-electron chi connectivity index (χ1n) is 4.51. The van der Waals surface area contributed by atoms with Crippen LogP contribution < -0.4 is 5.32 Å². The van der Waals surface area contributed by atoms with Crippen LogP contribution in [-0.4, -0.2) is 17.4 Å². The van der Waals surface area contributed by atoms with Crippen molar-refractivity contribution in [2.24, 2.45) is 0 Å². The van der Waals surface area contributed by atoms with Gasteiger partial charge in [-0.25, -0.2) is 0 Å². The number of hydrogen-bond acceptors (Lipinski definition) is 2. The topological polar surface area (TPSA) is 42.0 Å². The number of aromatic nitrogens is 1. The minimum atomic E-state index is -0.0281. The molecule has 0 atom stereocenters. The highest BCUT2D eigenvalue weighted by Gasteiger charge is 2.03. The fourth-order valence-electron chi connectivity index (χ4n) is 1.08. The van der Waals surface area contributed by atoms with Gasteiger partial charge in [0.25, 0.3) is 5.91 Å². The maximum atomic E-state index is 11.4. The Morgan fingerprint density at radius 3 is 3.00 bits per heavy atom. The number of rotatable bonds is 3. The zero-order valence-corrected chi connectivity index (χ0v) is 8.00. The number of pyridine rings is 1. The maximum Gasteiger partial charge on any atom is 0.251 e. The molecule has 1 N–H and O–H groups in total. The molecule has 3 nitrogen and oxygen atoms in total. The first kappa shape index (κ1) is 9.71. The molecule has 0 saturated carbocycles. The second kappa shape index (κ2) is 4.60. The van der Waals surface area contributed by atoms with Gasteiger partial charge in [0.15, 0.2) is 0 Å². The summed E-state index contributed by atoms with van der Waals surface area (Å²) in [4.78, 5) is 15.5. The van der Waals surface area contributed by atoms with E-state index in [1.165, 1.54) is 0 Å². The molecule has 0 unspecified atom stereocenters. The summed E-state index contributed by atoms with van der Waals surface area (Å²) in [7, 11) is 0. The molecule has 1 heterocycles. The van der Waals surface area contributed by atoms with Crippen LogP contribution in [-0.2, 0) is 6.42 Å². The number of carbonyl (C=O) groups is 1. The number of amides is 1. The second-order valence-corrected chi connectivity index (χ2v) is 2.75. The Morgan fingerprint density at radius 1 is 1.62 bits per heavy atom. The lowest BCUT2D eigenvalue weighted by Gasteiger charge is -2.02. The van der Waals surface area contributed by atoms with Gasteiger partial charge >= 0.3 is 0 Å². The lowest BCUT2D eigenvalue weighted by molar-refractivity contribution is 0.0955. The SMILES string of the molecule is CCNC(=O)c1ccnc(CC)c1.[HH]. The predicted octanol–water partition coefficient (Wildman–Crippen LogP) is 1.64. The number of aryl methyl sites for hydroxylation is 1. The Kier molecular flexibility index (Phi) is 3.43. The summed E-state index contributed by atoms with van der Waals surface area (Å²) < 4.78 is 0. The molecule has 0 spiro atoms. The minimum absolute atomic E-state index is 0. The lowest BCUT2D eigenvalue weighted by Crippen LogP contribution is -2.22. The van der Waals surface area contributed by atoms with E-state index < -0.39 is 0 Å². The third-order valence-electron chi connectivity index (χ3n) is 1.78. The molecule has 0 bridgehead atoms. The molecule has 72 valence electrons. The molecule has 0 aliphatic carbocycles. The molecule has 0 aromatic carbocycles. The first-order chi connectivity index (χ1) is 6.27. The second-order valence-electron chi connectivity index (χ2n) is 2.75. The molecule has 1 amide bonds.